The first kappa shape index (κ1) is 67.9. The monoisotopic (exact) mass is 1540 g/mol. The van der Waals surface area contributed by atoms with E-state index >= 15 is 0 Å². The van der Waals surface area contributed by atoms with Crippen LogP contribution in [0.2, 0.25) is 0 Å². The second-order valence-electron chi connectivity index (χ2n) is 31.0. The average Bonchev–Trinajstić information content (AvgIpc) is 1.58. The van der Waals surface area contributed by atoms with Gasteiger partial charge in [0.1, 0.15) is 50.5 Å². The van der Waals surface area contributed by atoms with Crippen LogP contribution in [0.5, 0.6) is 0 Å². The third kappa shape index (κ3) is 14.3. The van der Waals surface area contributed by atoms with E-state index in [0.717, 1.165) is 147 Å². The summed E-state index contributed by atoms with van der Waals surface area (Å²) in [6.07, 6.45) is 13.1. The van der Waals surface area contributed by atoms with E-state index in [1.807, 2.05) is 74.0 Å². The third-order valence-corrected chi connectivity index (χ3v) is 23.1. The van der Waals surface area contributed by atoms with Gasteiger partial charge < -0.3 is 17.7 Å². The summed E-state index contributed by atoms with van der Waals surface area (Å²) in [5.41, 5.74) is 24.0. The maximum Gasteiger partial charge on any atom is 0.256 e. The Morgan fingerprint density at radius 1 is 0.293 bits per heavy atom. The van der Waals surface area contributed by atoms with Crippen molar-refractivity contribution < 1.29 is 49.6 Å². The normalized spacial score (nSPS) is 14.1. The van der Waals surface area contributed by atoms with Crippen molar-refractivity contribution in [1.82, 2.24) is 0 Å². The summed E-state index contributed by atoms with van der Waals surface area (Å²) < 4.78 is 115. The lowest BCUT2D eigenvalue weighted by Gasteiger charge is -2.22. The van der Waals surface area contributed by atoms with Crippen molar-refractivity contribution in [2.75, 3.05) is 0 Å². The van der Waals surface area contributed by atoms with Gasteiger partial charge in [0.05, 0.1) is 22.3 Å². The standard InChI is InChI=1S/C29H28NO.C26H24NO.C25H22NO.C24H20NO.4CH4/c1-19-8-6-7-11-24(19)28-29-25(14-15-30(28)2)26-17-23-16-21(20-9-4-3-5-10-20)12-13-22(23)18-27(26)31-29;1-15-7-9-21(17(3)10-15)25-26-24(18(4)14-27(25)5)22-12-20-11-16(2)6-8-19(20)13-23(22)28-26;1-15-9-10-18-13-22-21(12-19(18)11-15)23-17(3)14-26(4)24(25(23)27-22)20-8-6-5-7-16(20)2;1-15-8-9-17-14-22-21(13-18(17)12-15)20-10-11-25(3)23(24(20)26-22)19-7-5-4-6-16(19)2;;;;/h6-8,11-18,20H,3-5,9-10H2,1-2H3;6-14H,1-5H3;5-14H,1-4H3;4-14H,1-3H3;4*1H4/q4*+1;;;;/i20D;1D3,4D3;3D3;;;;;. The van der Waals surface area contributed by atoms with Crippen molar-refractivity contribution in [2.45, 2.75) is 137 Å². The third-order valence-electron chi connectivity index (χ3n) is 23.1. The molecule has 21 rings (SSSR count). The minimum Gasteiger partial charge on any atom is -0.449 e. The number of hydrogen-bond acceptors (Lipinski definition) is 4. The second kappa shape index (κ2) is 32.0. The van der Waals surface area contributed by atoms with Crippen LogP contribution < -0.4 is 18.3 Å². The van der Waals surface area contributed by atoms with Crippen molar-refractivity contribution in [3.63, 3.8) is 0 Å². The Labute approximate surface area is 697 Å². The first-order valence-corrected chi connectivity index (χ1v) is 38.7. The molecule has 1 aliphatic rings. The molecular formula is C108H110N4O4+4. The maximum absolute atomic E-state index is 9.05. The van der Waals surface area contributed by atoms with Gasteiger partial charge in [0.2, 0.25) is 22.3 Å². The first-order valence-electron chi connectivity index (χ1n) is 43.7. The lowest BCUT2D eigenvalue weighted by molar-refractivity contribution is -0.659. The quantitative estimate of drug-likeness (QED) is 0.161. The molecule has 20 aromatic rings. The Hall–Kier alpha value is -12.5. The molecule has 116 heavy (non-hydrogen) atoms. The van der Waals surface area contributed by atoms with E-state index in [1.165, 1.54) is 66.6 Å². The lowest BCUT2D eigenvalue weighted by Crippen LogP contribution is -2.31. The molecule has 0 saturated heterocycles. The van der Waals surface area contributed by atoms with E-state index in [2.05, 4.69) is 228 Å². The minimum absolute atomic E-state index is 0. The molecule has 8 heteroatoms. The van der Waals surface area contributed by atoms with Gasteiger partial charge in [-0.15, -0.1) is 0 Å². The van der Waals surface area contributed by atoms with Gasteiger partial charge >= 0.3 is 0 Å². The summed E-state index contributed by atoms with van der Waals surface area (Å²) in [4.78, 5) is 0. The average molecular weight is 1540 g/mol. The number of fused-ring (bicyclic) bond motifs is 16. The van der Waals surface area contributed by atoms with Gasteiger partial charge in [-0.2, -0.15) is 18.3 Å². The molecule has 8 nitrogen and oxygen atoms in total. The first-order chi connectivity index (χ1) is 58.2. The van der Waals surface area contributed by atoms with E-state index in [9.17, 15) is 0 Å². The Balaban J connectivity index is 0.000000135. The molecule has 12 aromatic carbocycles. The predicted octanol–water partition coefficient (Wildman–Crippen LogP) is 28.6. The van der Waals surface area contributed by atoms with Crippen LogP contribution in [-0.2, 0) is 28.2 Å². The molecule has 0 spiro atoms. The molecule has 0 amide bonds. The van der Waals surface area contributed by atoms with Crippen molar-refractivity contribution >= 4 is 131 Å². The Bertz CT molecular complexity index is 7680. The molecule has 0 N–H and O–H groups in total. The smallest absolute Gasteiger partial charge is 0.256 e. The molecule has 0 aliphatic heterocycles. The Morgan fingerprint density at radius 3 is 1.04 bits per heavy atom. The SMILES string of the molecule is C.C.C.C.Cc1ccc2cc3oc4c(-c5ccccc5C)[n+](C)ccc4c3cc2c1.[2H]C([2H])([2H])c1c[n+](C)c(-c2ccccc2C)c2oc3cc4ccc(C)cc4cc3c12.[2H]C([2H])([2H])c1ccc(-c2c3oc4cc5ccc(C)cc5cc4c3c(C([2H])([2H])[2H])c[n+]2C)c(C)c1.[2H]C1(c2ccc3cc4oc5c(-c6ccccc6C)[n+](C)ccc5c4cc3c2)CCCCC1. The van der Waals surface area contributed by atoms with Gasteiger partial charge in [0.25, 0.3) is 22.8 Å². The molecule has 8 aromatic heterocycles. The molecule has 582 valence electrons. The summed E-state index contributed by atoms with van der Waals surface area (Å²) in [7, 11) is 7.82. The number of nitrogens with zero attached hydrogens (tertiary/aromatic N) is 4. The van der Waals surface area contributed by atoms with Crippen LogP contribution in [0.25, 0.3) is 176 Å². The molecular weight excluding hydrogens is 1420 g/mol. The van der Waals surface area contributed by atoms with Crippen molar-refractivity contribution in [2.24, 2.45) is 28.2 Å². The number of hydrogen-bond donors (Lipinski definition) is 0. The number of rotatable bonds is 5. The maximum atomic E-state index is 9.05. The fourth-order valence-corrected chi connectivity index (χ4v) is 17.3. The summed E-state index contributed by atoms with van der Waals surface area (Å²) in [6.45, 7) is 7.62. The van der Waals surface area contributed by atoms with Crippen molar-refractivity contribution in [3.8, 4) is 45.0 Å². The zero-order valence-electron chi connectivity index (χ0n) is 75.1. The summed E-state index contributed by atoms with van der Waals surface area (Å²) >= 11 is 0. The molecule has 1 saturated carbocycles. The zero-order valence-corrected chi connectivity index (χ0v) is 65.1. The predicted molar refractivity (Wildman–Crippen MR) is 491 cm³/mol. The number of aryl methyl sites for hydroxylation is 14. The van der Waals surface area contributed by atoms with Gasteiger partial charge in [-0.25, -0.2) is 0 Å². The van der Waals surface area contributed by atoms with Crippen molar-refractivity contribution in [1.29, 1.82) is 0 Å². The van der Waals surface area contributed by atoms with Gasteiger partial charge in [0.15, 0.2) is 24.8 Å². The van der Waals surface area contributed by atoms with Crippen LogP contribution in [0.3, 0.4) is 0 Å². The van der Waals surface area contributed by atoms with Crippen LogP contribution in [0.15, 0.2) is 267 Å². The lowest BCUT2D eigenvalue weighted by atomic mass is 9.83. The molecule has 1 aliphatic carbocycles. The molecule has 0 unspecified atom stereocenters. The van der Waals surface area contributed by atoms with Gasteiger partial charge in [0, 0.05) is 80.1 Å². The largest absolute Gasteiger partial charge is 0.449 e. The van der Waals surface area contributed by atoms with Crippen LogP contribution in [0.4, 0.5) is 0 Å². The van der Waals surface area contributed by atoms with E-state index < -0.39 is 26.4 Å². The van der Waals surface area contributed by atoms with Crippen LogP contribution >= 0.6 is 0 Å². The molecule has 0 bridgehead atoms. The number of furan rings is 4. The van der Waals surface area contributed by atoms with Gasteiger partial charge in [-0.3, -0.25) is 0 Å². The summed E-state index contributed by atoms with van der Waals surface area (Å²) in [6, 6.07) is 76.7. The highest BCUT2D eigenvalue weighted by Gasteiger charge is 2.29. The highest BCUT2D eigenvalue weighted by atomic mass is 16.3. The van der Waals surface area contributed by atoms with E-state index in [1.54, 1.807) is 42.2 Å². The number of benzene rings is 12. The topological polar surface area (TPSA) is 68.1 Å². The zero-order chi connectivity index (χ0) is 85.5. The van der Waals surface area contributed by atoms with Gasteiger partial charge in [-0.1, -0.05) is 211 Å². The summed E-state index contributed by atoms with van der Waals surface area (Å²) in [5, 5.41) is 16.4. The fraction of sp³-hybridized carbons (Fsp3) is 0.222. The highest BCUT2D eigenvalue weighted by molar-refractivity contribution is 6.17. The van der Waals surface area contributed by atoms with Crippen LogP contribution in [0, 0.1) is 69.0 Å². The van der Waals surface area contributed by atoms with E-state index in [4.69, 9.17) is 31.4 Å². The second-order valence-corrected chi connectivity index (χ2v) is 31.0. The van der Waals surface area contributed by atoms with Crippen LogP contribution in [0.1, 0.15) is 143 Å². The van der Waals surface area contributed by atoms with E-state index in [-0.39, 0.29) is 40.8 Å². The number of aromatic nitrogens is 4. The summed E-state index contributed by atoms with van der Waals surface area (Å²) in [5.74, 6) is -0.439. The molecule has 0 atom stereocenters. The minimum atomic E-state index is -2.34. The molecule has 8 heterocycles. The van der Waals surface area contributed by atoms with Gasteiger partial charge in [-0.05, 0) is 231 Å². The van der Waals surface area contributed by atoms with Crippen LogP contribution in [-0.4, -0.2) is 0 Å². The molecule has 1 fully saturated rings. The van der Waals surface area contributed by atoms with E-state index in [0.29, 0.717) is 44.4 Å². The fourth-order valence-electron chi connectivity index (χ4n) is 17.3. The highest BCUT2D eigenvalue weighted by Crippen LogP contribution is 2.44. The van der Waals surface area contributed by atoms with Crippen molar-refractivity contribution in [3.05, 3.63) is 310 Å². The Morgan fingerprint density at radius 2 is 0.647 bits per heavy atom. The molecule has 0 radical (unpaired) electrons. The Kier molecular flexibility index (Phi) is 18.8. The number of pyridine rings is 4.